The lowest BCUT2D eigenvalue weighted by Gasteiger charge is -1.98. The number of nitriles is 1. The molecule has 0 heterocycles. The third-order valence-electron chi connectivity index (χ3n) is 0.952. The number of allylic oxidation sites excluding steroid dienone is 1. The van der Waals surface area contributed by atoms with E-state index in [0.29, 0.717) is 5.75 Å². The number of thiocarbonyl (C=S) groups is 1. The predicted octanol–water partition coefficient (Wildman–Crippen LogP) is 2.25. The Bertz CT molecular complexity index is 211. The molecule has 0 bridgehead atoms. The van der Waals surface area contributed by atoms with Gasteiger partial charge in [-0.15, -0.1) is 0 Å². The molecule has 11 heavy (non-hydrogen) atoms. The number of isothiocyanates is 1. The van der Waals surface area contributed by atoms with Crippen molar-refractivity contribution in [1.82, 2.24) is 0 Å². The molecule has 0 aliphatic heterocycles. The van der Waals surface area contributed by atoms with Gasteiger partial charge >= 0.3 is 0 Å². The molecule has 0 N–H and O–H groups in total. The Morgan fingerprint density at radius 1 is 1.82 bits per heavy atom. The first kappa shape index (κ1) is 10.4. The highest BCUT2D eigenvalue weighted by atomic mass is 32.2. The number of thiocyanates is 1. The highest BCUT2D eigenvalue weighted by Gasteiger charge is 1.99. The minimum Gasteiger partial charge on any atom is -0.224 e. The van der Waals surface area contributed by atoms with Crippen LogP contribution in [0.3, 0.4) is 0 Å². The minimum absolute atomic E-state index is 0.00199. The number of hydrogen-bond acceptors (Lipinski definition) is 4. The zero-order valence-corrected chi connectivity index (χ0v) is 7.78. The molecular weight excluding hydrogens is 176 g/mol. The van der Waals surface area contributed by atoms with Gasteiger partial charge in [-0.25, -0.2) is 4.99 Å². The van der Waals surface area contributed by atoms with Crippen molar-refractivity contribution in [3.05, 3.63) is 12.2 Å². The van der Waals surface area contributed by atoms with Crippen molar-refractivity contribution in [2.45, 2.75) is 13.0 Å². The molecule has 0 aromatic carbocycles. The van der Waals surface area contributed by atoms with Crippen LogP contribution >= 0.6 is 24.0 Å². The van der Waals surface area contributed by atoms with Gasteiger partial charge in [0, 0.05) is 5.75 Å². The normalized spacial score (nSPS) is 12.0. The Morgan fingerprint density at radius 3 is 3.00 bits per heavy atom. The molecule has 0 radical (unpaired) electrons. The van der Waals surface area contributed by atoms with Gasteiger partial charge in [0.2, 0.25) is 0 Å². The molecule has 0 aromatic heterocycles. The standard InChI is InChI=1S/C7H8N2S2/c1-2-3-7(9-6-10)4-11-5-8/h2-3,7H,4H2,1H3. The number of thioether (sulfide) groups is 1. The second-order valence-electron chi connectivity index (χ2n) is 1.72. The summed E-state index contributed by atoms with van der Waals surface area (Å²) in [7, 11) is 0. The summed E-state index contributed by atoms with van der Waals surface area (Å²) >= 11 is 5.62. The van der Waals surface area contributed by atoms with Crippen molar-refractivity contribution in [2.75, 3.05) is 5.75 Å². The van der Waals surface area contributed by atoms with Crippen LogP contribution in [-0.2, 0) is 0 Å². The summed E-state index contributed by atoms with van der Waals surface area (Å²) in [5.41, 5.74) is 0. The van der Waals surface area contributed by atoms with E-state index in [1.807, 2.05) is 24.5 Å². The van der Waals surface area contributed by atoms with Crippen LogP contribution in [0.1, 0.15) is 6.92 Å². The molecule has 58 valence electrons. The van der Waals surface area contributed by atoms with Crippen LogP contribution in [-0.4, -0.2) is 17.0 Å². The van der Waals surface area contributed by atoms with E-state index in [9.17, 15) is 0 Å². The second kappa shape index (κ2) is 7.49. The lowest BCUT2D eigenvalue weighted by Crippen LogP contribution is -2.01. The third-order valence-corrected chi connectivity index (χ3v) is 1.69. The van der Waals surface area contributed by atoms with Gasteiger partial charge in [0.05, 0.1) is 11.2 Å². The molecule has 1 unspecified atom stereocenters. The van der Waals surface area contributed by atoms with Crippen LogP contribution in [0.2, 0.25) is 0 Å². The molecule has 0 rings (SSSR count). The first-order chi connectivity index (χ1) is 5.35. The summed E-state index contributed by atoms with van der Waals surface area (Å²) in [4.78, 5) is 3.86. The van der Waals surface area contributed by atoms with Gasteiger partial charge < -0.3 is 0 Å². The predicted molar refractivity (Wildman–Crippen MR) is 51.7 cm³/mol. The van der Waals surface area contributed by atoms with Crippen molar-refractivity contribution in [2.24, 2.45) is 4.99 Å². The number of nitrogens with zero attached hydrogens (tertiary/aromatic N) is 2. The van der Waals surface area contributed by atoms with E-state index in [-0.39, 0.29) is 6.04 Å². The summed E-state index contributed by atoms with van der Waals surface area (Å²) in [6, 6.07) is 0.00199. The fourth-order valence-electron chi connectivity index (χ4n) is 0.548. The van der Waals surface area contributed by atoms with Gasteiger partial charge in [-0.1, -0.05) is 12.2 Å². The fourth-order valence-corrected chi connectivity index (χ4v) is 1.11. The molecular formula is C7H8N2S2. The molecule has 0 aliphatic rings. The third kappa shape index (κ3) is 5.81. The number of hydrogen-bond donors (Lipinski definition) is 0. The molecule has 0 amide bonds. The molecule has 0 saturated carbocycles. The van der Waals surface area contributed by atoms with Crippen LogP contribution in [0.4, 0.5) is 0 Å². The van der Waals surface area contributed by atoms with Gasteiger partial charge in [-0.3, -0.25) is 0 Å². The van der Waals surface area contributed by atoms with Crippen molar-refractivity contribution < 1.29 is 0 Å². The summed E-state index contributed by atoms with van der Waals surface area (Å²) in [6.45, 7) is 1.91. The van der Waals surface area contributed by atoms with E-state index in [1.54, 1.807) is 0 Å². The topological polar surface area (TPSA) is 36.1 Å². The van der Waals surface area contributed by atoms with Crippen molar-refractivity contribution in [3.63, 3.8) is 0 Å². The Balaban J connectivity index is 3.91. The molecule has 1 atom stereocenters. The van der Waals surface area contributed by atoms with Crippen LogP contribution in [0.25, 0.3) is 0 Å². The Morgan fingerprint density at radius 2 is 2.55 bits per heavy atom. The molecule has 0 saturated heterocycles. The van der Waals surface area contributed by atoms with Crippen LogP contribution in [0.5, 0.6) is 0 Å². The maximum atomic E-state index is 8.25. The monoisotopic (exact) mass is 184 g/mol. The molecule has 0 spiro atoms. The average molecular weight is 184 g/mol. The Kier molecular flexibility index (Phi) is 7.06. The van der Waals surface area contributed by atoms with E-state index in [2.05, 4.69) is 22.4 Å². The molecule has 4 heteroatoms. The van der Waals surface area contributed by atoms with Gasteiger partial charge in [-0.2, -0.15) is 5.26 Å². The van der Waals surface area contributed by atoms with E-state index >= 15 is 0 Å². The highest BCUT2D eigenvalue weighted by Crippen LogP contribution is 2.04. The minimum atomic E-state index is 0.00199. The summed E-state index contributed by atoms with van der Waals surface area (Å²) < 4.78 is 0. The maximum Gasteiger partial charge on any atom is 0.133 e. The first-order valence-corrected chi connectivity index (χ1v) is 4.45. The van der Waals surface area contributed by atoms with Crippen molar-refractivity contribution >= 4 is 29.1 Å². The van der Waals surface area contributed by atoms with Crippen LogP contribution < -0.4 is 0 Å². The SMILES string of the molecule is CC=CC(CSC#N)N=C=S. The maximum absolute atomic E-state index is 8.25. The molecule has 0 aromatic rings. The lowest BCUT2D eigenvalue weighted by molar-refractivity contribution is 0.950. The van der Waals surface area contributed by atoms with Gasteiger partial charge in [0.15, 0.2) is 0 Å². The number of rotatable bonds is 4. The highest BCUT2D eigenvalue weighted by molar-refractivity contribution is 8.03. The van der Waals surface area contributed by atoms with Crippen LogP contribution in [0.15, 0.2) is 17.1 Å². The Hall–Kier alpha value is -0.620. The largest absolute Gasteiger partial charge is 0.224 e. The lowest BCUT2D eigenvalue weighted by atomic mass is 10.3. The van der Waals surface area contributed by atoms with Gasteiger partial charge in [0.1, 0.15) is 5.40 Å². The zero-order chi connectivity index (χ0) is 8.53. The molecule has 2 nitrogen and oxygen atoms in total. The second-order valence-corrected chi connectivity index (χ2v) is 2.70. The first-order valence-electron chi connectivity index (χ1n) is 3.05. The van der Waals surface area contributed by atoms with E-state index in [4.69, 9.17) is 5.26 Å². The molecule has 0 aliphatic carbocycles. The fraction of sp³-hybridized carbons (Fsp3) is 0.429. The van der Waals surface area contributed by atoms with Crippen molar-refractivity contribution in [1.29, 1.82) is 5.26 Å². The quantitative estimate of drug-likeness (QED) is 0.291. The van der Waals surface area contributed by atoms with Gasteiger partial charge in [-0.05, 0) is 30.9 Å². The van der Waals surface area contributed by atoms with E-state index < -0.39 is 0 Å². The summed E-state index contributed by atoms with van der Waals surface area (Å²) in [5, 5.41) is 12.5. The van der Waals surface area contributed by atoms with E-state index in [0.717, 1.165) is 0 Å². The zero-order valence-electron chi connectivity index (χ0n) is 6.15. The smallest absolute Gasteiger partial charge is 0.133 e. The van der Waals surface area contributed by atoms with Crippen LogP contribution in [0, 0.1) is 10.7 Å². The average Bonchev–Trinajstić information content (AvgIpc) is 2.01. The van der Waals surface area contributed by atoms with Crippen molar-refractivity contribution in [3.8, 4) is 5.40 Å². The molecule has 0 fully saturated rings. The summed E-state index contributed by atoms with van der Waals surface area (Å²) in [6.07, 6.45) is 3.78. The van der Waals surface area contributed by atoms with Gasteiger partial charge in [0.25, 0.3) is 0 Å². The Labute approximate surface area is 76.0 Å². The summed E-state index contributed by atoms with van der Waals surface area (Å²) in [5.74, 6) is 0.643. The van der Waals surface area contributed by atoms with E-state index in [1.165, 1.54) is 11.8 Å². The number of aliphatic imine (C=N–C) groups is 1.